The maximum Gasteiger partial charge on any atom is 0.253 e. The second-order valence-corrected chi connectivity index (χ2v) is 2.63. The van der Waals surface area contributed by atoms with E-state index in [0.717, 1.165) is 0 Å². The molecule has 1 aromatic rings. The summed E-state index contributed by atoms with van der Waals surface area (Å²) in [4.78, 5) is 21.8. The molecule has 1 heterocycles. The molecule has 0 saturated carbocycles. The largest absolute Gasteiger partial charge is 0.465 e. The number of furan rings is 1. The van der Waals surface area contributed by atoms with Crippen LogP contribution in [0, 0.1) is 0 Å². The third-order valence-corrected chi connectivity index (χ3v) is 1.53. The van der Waals surface area contributed by atoms with Gasteiger partial charge in [-0.05, 0) is 18.2 Å². The summed E-state index contributed by atoms with van der Waals surface area (Å²) >= 11 is 0. The van der Waals surface area contributed by atoms with Crippen molar-refractivity contribution in [1.82, 2.24) is 10.7 Å². The lowest BCUT2D eigenvalue weighted by Crippen LogP contribution is -2.39. The molecule has 6 heteroatoms. The Morgan fingerprint density at radius 3 is 2.93 bits per heavy atom. The monoisotopic (exact) mass is 209 g/mol. The first-order valence-corrected chi connectivity index (χ1v) is 4.21. The molecule has 0 aliphatic heterocycles. The number of rotatable bonds is 4. The van der Waals surface area contributed by atoms with Crippen molar-refractivity contribution in [3.63, 3.8) is 0 Å². The molecule has 0 atom stereocenters. The van der Waals surface area contributed by atoms with Crippen molar-refractivity contribution in [3.05, 3.63) is 30.2 Å². The summed E-state index contributed by atoms with van der Waals surface area (Å²) in [5.41, 5.74) is 1.89. The molecule has 15 heavy (non-hydrogen) atoms. The van der Waals surface area contributed by atoms with Crippen molar-refractivity contribution >= 4 is 17.9 Å². The number of nitrogens with one attached hydrogen (secondary N) is 2. The Morgan fingerprint density at radius 2 is 2.33 bits per heavy atom. The number of hydrogen-bond donors (Lipinski definition) is 3. The maximum atomic E-state index is 11.1. The molecule has 0 radical (unpaired) electrons. The molecule has 2 amide bonds. The molecular formula is C9H11N3O3. The minimum absolute atomic E-state index is 0.155. The molecule has 0 aromatic carbocycles. The van der Waals surface area contributed by atoms with E-state index in [1.54, 1.807) is 12.1 Å². The van der Waals surface area contributed by atoms with E-state index in [0.29, 0.717) is 5.76 Å². The van der Waals surface area contributed by atoms with Crippen LogP contribution in [0.1, 0.15) is 5.76 Å². The van der Waals surface area contributed by atoms with Gasteiger partial charge in [-0.2, -0.15) is 0 Å². The summed E-state index contributed by atoms with van der Waals surface area (Å²) in [7, 11) is 0. The molecule has 4 N–H and O–H groups in total. The molecule has 0 fully saturated rings. The summed E-state index contributed by atoms with van der Waals surface area (Å²) < 4.78 is 4.96. The summed E-state index contributed by atoms with van der Waals surface area (Å²) in [6.07, 6.45) is 4.26. The fraction of sp³-hybridized carbons (Fsp3) is 0.111. The van der Waals surface area contributed by atoms with Crippen LogP contribution in [0.25, 0.3) is 6.08 Å². The number of amides is 2. The standard InChI is InChI=1S/C9H11N3O3/c10-12-9(14)6-11-8(13)4-3-7-2-1-5-15-7/h1-5H,6,10H2,(H,11,13)(H,12,14). The Bertz CT molecular complexity index is 357. The van der Waals surface area contributed by atoms with Gasteiger partial charge in [-0.15, -0.1) is 0 Å². The molecule has 1 rings (SSSR count). The van der Waals surface area contributed by atoms with Crippen LogP contribution in [-0.4, -0.2) is 18.4 Å². The first-order chi connectivity index (χ1) is 7.22. The molecule has 0 bridgehead atoms. The molecular weight excluding hydrogens is 198 g/mol. The minimum Gasteiger partial charge on any atom is -0.465 e. The molecule has 0 saturated heterocycles. The van der Waals surface area contributed by atoms with Gasteiger partial charge in [0.1, 0.15) is 5.76 Å². The van der Waals surface area contributed by atoms with Crippen molar-refractivity contribution in [3.8, 4) is 0 Å². The topological polar surface area (TPSA) is 97.4 Å². The lowest BCUT2D eigenvalue weighted by atomic mass is 10.4. The van der Waals surface area contributed by atoms with Crippen LogP contribution >= 0.6 is 0 Å². The van der Waals surface area contributed by atoms with Crippen molar-refractivity contribution in [1.29, 1.82) is 0 Å². The van der Waals surface area contributed by atoms with Crippen molar-refractivity contribution in [2.45, 2.75) is 0 Å². The molecule has 1 aromatic heterocycles. The SMILES string of the molecule is NNC(=O)CNC(=O)C=Cc1ccco1. The van der Waals surface area contributed by atoms with Crippen molar-refractivity contribution in [2.24, 2.45) is 5.84 Å². The van der Waals surface area contributed by atoms with Crippen molar-refractivity contribution in [2.75, 3.05) is 6.54 Å². The Kier molecular flexibility index (Phi) is 4.11. The number of carbonyl (C=O) groups excluding carboxylic acids is 2. The smallest absolute Gasteiger partial charge is 0.253 e. The van der Waals surface area contributed by atoms with Crippen LogP contribution in [-0.2, 0) is 9.59 Å². The summed E-state index contributed by atoms with van der Waals surface area (Å²) in [6, 6.07) is 3.41. The summed E-state index contributed by atoms with van der Waals surface area (Å²) in [6.45, 7) is -0.155. The van der Waals surface area contributed by atoms with E-state index >= 15 is 0 Å². The van der Waals surface area contributed by atoms with Gasteiger partial charge >= 0.3 is 0 Å². The van der Waals surface area contributed by atoms with Gasteiger partial charge in [0, 0.05) is 6.08 Å². The highest BCUT2D eigenvalue weighted by atomic mass is 16.3. The fourth-order valence-electron chi connectivity index (χ4n) is 0.821. The van der Waals surface area contributed by atoms with Crippen LogP contribution in [0.4, 0.5) is 0 Å². The molecule has 0 unspecified atom stereocenters. The van der Waals surface area contributed by atoms with Gasteiger partial charge in [-0.1, -0.05) is 0 Å². The number of nitrogens with two attached hydrogens (primary N) is 1. The lowest BCUT2D eigenvalue weighted by molar-refractivity contribution is -0.123. The second kappa shape index (κ2) is 5.61. The average Bonchev–Trinajstić information content (AvgIpc) is 2.75. The normalized spacial score (nSPS) is 10.2. The second-order valence-electron chi connectivity index (χ2n) is 2.63. The summed E-state index contributed by atoms with van der Waals surface area (Å²) in [5.74, 6) is 4.53. The van der Waals surface area contributed by atoms with Gasteiger partial charge in [0.25, 0.3) is 5.91 Å². The van der Waals surface area contributed by atoms with Crippen LogP contribution in [0.3, 0.4) is 0 Å². The lowest BCUT2D eigenvalue weighted by Gasteiger charge is -1.99. The van der Waals surface area contributed by atoms with E-state index in [9.17, 15) is 9.59 Å². The zero-order chi connectivity index (χ0) is 11.1. The van der Waals surface area contributed by atoms with Gasteiger partial charge in [0.05, 0.1) is 12.8 Å². The molecule has 0 spiro atoms. The maximum absolute atomic E-state index is 11.1. The number of hydrazine groups is 1. The zero-order valence-corrected chi connectivity index (χ0v) is 7.90. The Labute approximate surface area is 86.1 Å². The van der Waals surface area contributed by atoms with Gasteiger partial charge in [-0.3, -0.25) is 15.0 Å². The number of carbonyl (C=O) groups is 2. The molecule has 6 nitrogen and oxygen atoms in total. The highest BCUT2D eigenvalue weighted by Crippen LogP contribution is 2.01. The van der Waals surface area contributed by atoms with E-state index in [1.807, 2.05) is 5.43 Å². The molecule has 0 aliphatic rings. The highest BCUT2D eigenvalue weighted by molar-refractivity contribution is 5.93. The Morgan fingerprint density at radius 1 is 1.53 bits per heavy atom. The Hall–Kier alpha value is -2.08. The van der Waals surface area contributed by atoms with Gasteiger partial charge in [0.15, 0.2) is 0 Å². The predicted octanol–water partition coefficient (Wildman–Crippen LogP) is -0.601. The summed E-state index contributed by atoms with van der Waals surface area (Å²) in [5, 5.41) is 2.34. The van der Waals surface area contributed by atoms with Crippen LogP contribution in [0.15, 0.2) is 28.9 Å². The van der Waals surface area contributed by atoms with E-state index in [-0.39, 0.29) is 6.54 Å². The zero-order valence-electron chi connectivity index (χ0n) is 7.90. The van der Waals surface area contributed by atoms with E-state index < -0.39 is 11.8 Å². The van der Waals surface area contributed by atoms with E-state index in [2.05, 4.69) is 5.32 Å². The van der Waals surface area contributed by atoms with Gasteiger partial charge < -0.3 is 9.73 Å². The predicted molar refractivity (Wildman–Crippen MR) is 53.1 cm³/mol. The highest BCUT2D eigenvalue weighted by Gasteiger charge is 2.00. The van der Waals surface area contributed by atoms with Crippen LogP contribution in [0.5, 0.6) is 0 Å². The first kappa shape index (κ1) is 11.0. The number of hydrogen-bond acceptors (Lipinski definition) is 4. The van der Waals surface area contributed by atoms with Crippen molar-refractivity contribution < 1.29 is 14.0 Å². The molecule has 80 valence electrons. The van der Waals surface area contributed by atoms with E-state index in [1.165, 1.54) is 18.4 Å². The quantitative estimate of drug-likeness (QED) is 0.267. The van der Waals surface area contributed by atoms with Crippen LogP contribution in [0.2, 0.25) is 0 Å². The third kappa shape index (κ3) is 4.10. The molecule has 0 aliphatic carbocycles. The van der Waals surface area contributed by atoms with Gasteiger partial charge in [-0.25, -0.2) is 5.84 Å². The van der Waals surface area contributed by atoms with E-state index in [4.69, 9.17) is 10.3 Å². The minimum atomic E-state index is -0.463. The average molecular weight is 209 g/mol. The van der Waals surface area contributed by atoms with Gasteiger partial charge in [0.2, 0.25) is 5.91 Å². The third-order valence-electron chi connectivity index (χ3n) is 1.53. The van der Waals surface area contributed by atoms with Crippen LogP contribution < -0.4 is 16.6 Å². The fourth-order valence-corrected chi connectivity index (χ4v) is 0.821. The Balaban J connectivity index is 2.33. The first-order valence-electron chi connectivity index (χ1n) is 4.21.